The Morgan fingerprint density at radius 2 is 2.10 bits per heavy atom. The van der Waals surface area contributed by atoms with Gasteiger partial charge in [-0.3, -0.25) is 9.59 Å². The third-order valence-corrected chi connectivity index (χ3v) is 3.61. The Bertz CT molecular complexity index is 685. The van der Waals surface area contributed by atoms with Crippen LogP contribution in [0.15, 0.2) is 29.6 Å². The zero-order chi connectivity index (χ0) is 15.4. The van der Waals surface area contributed by atoms with Gasteiger partial charge in [0, 0.05) is 29.4 Å². The molecule has 0 aliphatic heterocycles. The molecule has 110 valence electrons. The van der Waals surface area contributed by atoms with Crippen LogP contribution in [0.1, 0.15) is 22.2 Å². The lowest BCUT2D eigenvalue weighted by Crippen LogP contribution is -2.09. The minimum Gasteiger partial charge on any atom is -0.378 e. The third kappa shape index (κ3) is 4.03. The van der Waals surface area contributed by atoms with E-state index < -0.39 is 11.7 Å². The number of benzene rings is 1. The Balaban J connectivity index is 2.07. The molecule has 0 fully saturated rings. The van der Waals surface area contributed by atoms with Crippen molar-refractivity contribution in [3.8, 4) is 0 Å². The van der Waals surface area contributed by atoms with Crippen LogP contribution in [0, 0.1) is 5.82 Å². The number of hydrogen-bond acceptors (Lipinski definition) is 4. The number of hydrogen-bond donors (Lipinski definition) is 3. The molecule has 2 aromatic rings. The number of anilines is 2. The second-order valence-corrected chi connectivity index (χ2v) is 5.39. The number of nitrogens with two attached hydrogens (primary N) is 1. The Hall–Kier alpha value is -2.41. The molecule has 0 aliphatic carbocycles. The summed E-state index contributed by atoms with van der Waals surface area (Å²) in [5.74, 6) is -1.14. The van der Waals surface area contributed by atoms with E-state index in [1.807, 2.05) is 0 Å². The molecule has 4 N–H and O–H groups in total. The fourth-order valence-corrected chi connectivity index (χ4v) is 2.54. The molecule has 1 aromatic carbocycles. The first-order valence-corrected chi connectivity index (χ1v) is 7.02. The van der Waals surface area contributed by atoms with Crippen LogP contribution in [0.4, 0.5) is 15.8 Å². The van der Waals surface area contributed by atoms with Crippen molar-refractivity contribution in [1.29, 1.82) is 0 Å². The largest absolute Gasteiger partial charge is 0.378 e. The molecular formula is C14H14FN3O2S. The van der Waals surface area contributed by atoms with Crippen LogP contribution in [0.25, 0.3) is 0 Å². The molecule has 0 saturated carbocycles. The normalized spacial score (nSPS) is 10.2. The van der Waals surface area contributed by atoms with E-state index in [-0.39, 0.29) is 11.6 Å². The Morgan fingerprint density at radius 1 is 1.33 bits per heavy atom. The fraction of sp³-hybridized carbons (Fsp3) is 0.143. The lowest BCUT2D eigenvalue weighted by atomic mass is 10.2. The van der Waals surface area contributed by atoms with E-state index >= 15 is 0 Å². The molecular weight excluding hydrogens is 293 g/mol. The maximum atomic E-state index is 13.7. The fourth-order valence-electron chi connectivity index (χ4n) is 1.73. The van der Waals surface area contributed by atoms with Gasteiger partial charge in [-0.05, 0) is 24.3 Å². The average molecular weight is 307 g/mol. The monoisotopic (exact) mass is 307 g/mol. The molecule has 5 nitrogen and oxygen atoms in total. The van der Waals surface area contributed by atoms with Crippen molar-refractivity contribution in [2.75, 3.05) is 10.6 Å². The van der Waals surface area contributed by atoms with Gasteiger partial charge < -0.3 is 16.4 Å². The lowest BCUT2D eigenvalue weighted by molar-refractivity contribution is -0.114. The SMILES string of the molecule is CC(=O)Nc1ccc(F)c(NCc2cc(C(N)=O)cs2)c1. The van der Waals surface area contributed by atoms with Gasteiger partial charge in [0.1, 0.15) is 5.82 Å². The molecule has 2 amide bonds. The Labute approximate surface area is 125 Å². The van der Waals surface area contributed by atoms with Gasteiger partial charge in [0.25, 0.3) is 0 Å². The van der Waals surface area contributed by atoms with Crippen LogP contribution in [0.5, 0.6) is 0 Å². The number of primary amides is 1. The molecule has 0 unspecified atom stereocenters. The number of carbonyl (C=O) groups is 2. The highest BCUT2D eigenvalue weighted by Crippen LogP contribution is 2.22. The van der Waals surface area contributed by atoms with Crippen LogP contribution in [0.2, 0.25) is 0 Å². The first-order valence-electron chi connectivity index (χ1n) is 6.14. The van der Waals surface area contributed by atoms with Gasteiger partial charge >= 0.3 is 0 Å². The van der Waals surface area contributed by atoms with Crippen LogP contribution in [-0.4, -0.2) is 11.8 Å². The summed E-state index contributed by atoms with van der Waals surface area (Å²) >= 11 is 1.36. The quantitative estimate of drug-likeness (QED) is 0.793. The molecule has 0 saturated heterocycles. The molecule has 7 heteroatoms. The number of halogens is 1. The van der Waals surface area contributed by atoms with Crippen molar-refractivity contribution in [2.24, 2.45) is 5.73 Å². The summed E-state index contributed by atoms with van der Waals surface area (Å²) in [4.78, 5) is 22.8. The minimum atomic E-state index is -0.490. The van der Waals surface area contributed by atoms with Crippen LogP contribution < -0.4 is 16.4 Å². The van der Waals surface area contributed by atoms with Crippen LogP contribution in [0.3, 0.4) is 0 Å². The molecule has 0 bridgehead atoms. The maximum Gasteiger partial charge on any atom is 0.249 e. The minimum absolute atomic E-state index is 0.225. The summed E-state index contributed by atoms with van der Waals surface area (Å²) in [6.07, 6.45) is 0. The van der Waals surface area contributed by atoms with Crippen molar-refractivity contribution in [1.82, 2.24) is 0 Å². The molecule has 0 aliphatic rings. The van der Waals surface area contributed by atoms with E-state index in [0.29, 0.717) is 17.8 Å². The smallest absolute Gasteiger partial charge is 0.249 e. The number of carbonyl (C=O) groups excluding carboxylic acids is 2. The van der Waals surface area contributed by atoms with Gasteiger partial charge in [0.05, 0.1) is 11.3 Å². The second-order valence-electron chi connectivity index (χ2n) is 4.40. The maximum absolute atomic E-state index is 13.7. The Kier molecular flexibility index (Phi) is 4.54. The van der Waals surface area contributed by atoms with Gasteiger partial charge in [0.2, 0.25) is 11.8 Å². The van der Waals surface area contributed by atoms with E-state index in [4.69, 9.17) is 5.73 Å². The van der Waals surface area contributed by atoms with Crippen LogP contribution in [-0.2, 0) is 11.3 Å². The van der Waals surface area contributed by atoms with E-state index in [0.717, 1.165) is 4.88 Å². The summed E-state index contributed by atoms with van der Waals surface area (Å²) in [7, 11) is 0. The van der Waals surface area contributed by atoms with E-state index in [2.05, 4.69) is 10.6 Å². The predicted molar refractivity (Wildman–Crippen MR) is 80.9 cm³/mol. The first-order chi connectivity index (χ1) is 9.95. The molecule has 1 aromatic heterocycles. The zero-order valence-electron chi connectivity index (χ0n) is 11.3. The molecule has 21 heavy (non-hydrogen) atoms. The van der Waals surface area contributed by atoms with Crippen molar-refractivity contribution in [2.45, 2.75) is 13.5 Å². The third-order valence-electron chi connectivity index (χ3n) is 2.68. The van der Waals surface area contributed by atoms with E-state index in [1.165, 1.54) is 36.5 Å². The number of nitrogens with one attached hydrogen (secondary N) is 2. The van der Waals surface area contributed by atoms with Crippen molar-refractivity contribution in [3.05, 3.63) is 45.9 Å². The summed E-state index contributed by atoms with van der Waals surface area (Å²) in [5.41, 5.74) is 6.39. The molecule has 1 heterocycles. The van der Waals surface area contributed by atoms with Crippen molar-refractivity contribution < 1.29 is 14.0 Å². The van der Waals surface area contributed by atoms with Crippen molar-refractivity contribution in [3.63, 3.8) is 0 Å². The first kappa shape index (κ1) is 15.0. The highest BCUT2D eigenvalue weighted by molar-refractivity contribution is 7.10. The van der Waals surface area contributed by atoms with Crippen LogP contribution >= 0.6 is 11.3 Å². The molecule has 0 radical (unpaired) electrons. The lowest BCUT2D eigenvalue weighted by Gasteiger charge is -2.09. The van der Waals surface area contributed by atoms with Gasteiger partial charge in [0.15, 0.2) is 0 Å². The highest BCUT2D eigenvalue weighted by Gasteiger charge is 2.07. The zero-order valence-corrected chi connectivity index (χ0v) is 12.1. The summed E-state index contributed by atoms with van der Waals surface area (Å²) in [6.45, 7) is 1.74. The molecule has 0 atom stereocenters. The molecule has 2 rings (SSSR count). The highest BCUT2D eigenvalue weighted by atomic mass is 32.1. The number of rotatable bonds is 5. The van der Waals surface area contributed by atoms with E-state index in [1.54, 1.807) is 11.4 Å². The van der Waals surface area contributed by atoms with Gasteiger partial charge in [-0.25, -0.2) is 4.39 Å². The summed E-state index contributed by atoms with van der Waals surface area (Å²) < 4.78 is 13.7. The van der Waals surface area contributed by atoms with Gasteiger partial charge in [-0.15, -0.1) is 11.3 Å². The van der Waals surface area contributed by atoms with Gasteiger partial charge in [-0.1, -0.05) is 0 Å². The topological polar surface area (TPSA) is 84.2 Å². The number of amides is 2. The predicted octanol–water partition coefficient (Wildman–Crippen LogP) is 2.56. The summed E-state index contributed by atoms with van der Waals surface area (Å²) in [5, 5.41) is 7.17. The number of thiophene rings is 1. The van der Waals surface area contributed by atoms with Gasteiger partial charge in [-0.2, -0.15) is 0 Å². The standard InChI is InChI=1S/C14H14FN3O2S/c1-8(19)18-10-2-3-12(15)13(5-10)17-6-11-4-9(7-21-11)14(16)20/h2-5,7,17H,6H2,1H3,(H2,16,20)(H,18,19). The van der Waals surface area contributed by atoms with Crippen molar-refractivity contribution >= 4 is 34.5 Å². The molecule has 0 spiro atoms. The van der Waals surface area contributed by atoms with E-state index in [9.17, 15) is 14.0 Å². The summed E-state index contributed by atoms with van der Waals surface area (Å²) in [6, 6.07) is 5.93. The second kappa shape index (κ2) is 6.36. The average Bonchev–Trinajstić information content (AvgIpc) is 2.88. The Morgan fingerprint density at radius 3 is 2.71 bits per heavy atom.